The minimum absolute atomic E-state index is 0.231. The van der Waals surface area contributed by atoms with Crippen LogP contribution in [0, 0.1) is 5.82 Å². The van der Waals surface area contributed by atoms with Crippen LogP contribution in [-0.4, -0.2) is 18.1 Å². The summed E-state index contributed by atoms with van der Waals surface area (Å²) in [4.78, 5) is 4.64. The van der Waals surface area contributed by atoms with Gasteiger partial charge in [0.2, 0.25) is 0 Å². The van der Waals surface area contributed by atoms with Crippen molar-refractivity contribution in [2.24, 2.45) is 0 Å². The Labute approximate surface area is 111 Å². The standard InChI is InChI=1S/C15H17FN2O/c1-2-6-17-15-11-8-10(16)3-4-13(11)18-14-5-7-19-9-12(14)15/h3-4,8H,2,5-7,9H2,1H3,(H,17,18). The second-order valence-corrected chi connectivity index (χ2v) is 4.80. The largest absolute Gasteiger partial charge is 0.384 e. The summed E-state index contributed by atoms with van der Waals surface area (Å²) in [7, 11) is 0. The summed E-state index contributed by atoms with van der Waals surface area (Å²) in [6, 6.07) is 4.76. The van der Waals surface area contributed by atoms with E-state index < -0.39 is 0 Å². The molecule has 0 saturated carbocycles. The zero-order chi connectivity index (χ0) is 13.2. The van der Waals surface area contributed by atoms with Gasteiger partial charge in [0.25, 0.3) is 0 Å². The molecule has 19 heavy (non-hydrogen) atoms. The van der Waals surface area contributed by atoms with E-state index in [1.165, 1.54) is 6.07 Å². The quantitative estimate of drug-likeness (QED) is 0.919. The van der Waals surface area contributed by atoms with Crippen LogP contribution >= 0.6 is 0 Å². The highest BCUT2D eigenvalue weighted by molar-refractivity contribution is 5.93. The van der Waals surface area contributed by atoms with Crippen LogP contribution in [0.1, 0.15) is 24.6 Å². The average Bonchev–Trinajstić information content (AvgIpc) is 2.44. The maximum Gasteiger partial charge on any atom is 0.124 e. The normalized spacial score (nSPS) is 14.4. The molecule has 0 atom stereocenters. The first-order valence-electron chi connectivity index (χ1n) is 6.72. The molecule has 3 nitrogen and oxygen atoms in total. The SMILES string of the molecule is CCCNc1c2c(nc3ccc(F)cc13)CCOC2. The van der Waals surface area contributed by atoms with Crippen molar-refractivity contribution in [3.05, 3.63) is 35.3 Å². The lowest BCUT2D eigenvalue weighted by Gasteiger charge is -2.21. The fraction of sp³-hybridized carbons (Fsp3) is 0.400. The van der Waals surface area contributed by atoms with Crippen molar-refractivity contribution in [2.75, 3.05) is 18.5 Å². The second-order valence-electron chi connectivity index (χ2n) is 4.80. The Morgan fingerprint density at radius 1 is 1.42 bits per heavy atom. The molecule has 100 valence electrons. The molecule has 3 rings (SSSR count). The molecule has 2 aromatic rings. The van der Waals surface area contributed by atoms with Gasteiger partial charge in [-0.15, -0.1) is 0 Å². The zero-order valence-corrected chi connectivity index (χ0v) is 11.0. The molecule has 0 fully saturated rings. The molecule has 1 aromatic carbocycles. The molecule has 0 unspecified atom stereocenters. The maximum atomic E-state index is 13.5. The Kier molecular flexibility index (Phi) is 3.34. The Bertz CT molecular complexity index is 613. The van der Waals surface area contributed by atoms with Crippen molar-refractivity contribution in [3.8, 4) is 0 Å². The number of hydrogen-bond acceptors (Lipinski definition) is 3. The monoisotopic (exact) mass is 260 g/mol. The molecule has 0 aliphatic carbocycles. The third kappa shape index (κ3) is 2.28. The number of hydrogen-bond donors (Lipinski definition) is 1. The molecular weight excluding hydrogens is 243 g/mol. The van der Waals surface area contributed by atoms with E-state index in [0.29, 0.717) is 13.2 Å². The number of rotatable bonds is 3. The first-order chi connectivity index (χ1) is 9.29. The van der Waals surface area contributed by atoms with Gasteiger partial charge in [0.15, 0.2) is 0 Å². The van der Waals surface area contributed by atoms with Gasteiger partial charge in [0, 0.05) is 23.9 Å². The number of halogens is 1. The molecule has 4 heteroatoms. The molecule has 0 radical (unpaired) electrons. The molecule has 1 N–H and O–H groups in total. The van der Waals surface area contributed by atoms with E-state index in [9.17, 15) is 4.39 Å². The summed E-state index contributed by atoms with van der Waals surface area (Å²) in [5.41, 5.74) is 3.99. The molecule has 1 aromatic heterocycles. The van der Waals surface area contributed by atoms with Crippen molar-refractivity contribution in [1.82, 2.24) is 4.98 Å². The number of nitrogens with one attached hydrogen (secondary N) is 1. The van der Waals surface area contributed by atoms with Gasteiger partial charge in [-0.1, -0.05) is 6.92 Å². The molecular formula is C15H17FN2O. The van der Waals surface area contributed by atoms with E-state index >= 15 is 0 Å². The van der Waals surface area contributed by atoms with Gasteiger partial charge in [-0.3, -0.25) is 4.98 Å². The molecule has 0 amide bonds. The number of anilines is 1. The summed E-state index contributed by atoms with van der Waals surface area (Å²) >= 11 is 0. The highest BCUT2D eigenvalue weighted by Crippen LogP contribution is 2.32. The van der Waals surface area contributed by atoms with Crippen molar-refractivity contribution < 1.29 is 9.13 Å². The van der Waals surface area contributed by atoms with Gasteiger partial charge in [0.1, 0.15) is 5.82 Å². The third-order valence-electron chi connectivity index (χ3n) is 3.41. The van der Waals surface area contributed by atoms with Gasteiger partial charge in [-0.05, 0) is 24.6 Å². The van der Waals surface area contributed by atoms with Crippen LogP contribution in [0.4, 0.5) is 10.1 Å². The lowest BCUT2D eigenvalue weighted by molar-refractivity contribution is 0.110. The molecule has 2 heterocycles. The zero-order valence-electron chi connectivity index (χ0n) is 11.0. The van der Waals surface area contributed by atoms with E-state index in [1.54, 1.807) is 12.1 Å². The maximum absolute atomic E-state index is 13.5. The number of benzene rings is 1. The fourth-order valence-corrected chi connectivity index (χ4v) is 2.48. The van der Waals surface area contributed by atoms with Crippen LogP contribution < -0.4 is 5.32 Å². The van der Waals surface area contributed by atoms with Gasteiger partial charge in [-0.2, -0.15) is 0 Å². The van der Waals surface area contributed by atoms with Gasteiger partial charge >= 0.3 is 0 Å². The topological polar surface area (TPSA) is 34.2 Å². The smallest absolute Gasteiger partial charge is 0.124 e. The number of pyridine rings is 1. The predicted molar refractivity (Wildman–Crippen MR) is 73.8 cm³/mol. The van der Waals surface area contributed by atoms with Crippen molar-refractivity contribution in [3.63, 3.8) is 0 Å². The minimum atomic E-state index is -0.231. The third-order valence-corrected chi connectivity index (χ3v) is 3.41. The lowest BCUT2D eigenvalue weighted by atomic mass is 10.0. The van der Waals surface area contributed by atoms with Crippen LogP contribution in [0.15, 0.2) is 18.2 Å². The number of nitrogens with zero attached hydrogens (tertiary/aromatic N) is 1. The fourth-order valence-electron chi connectivity index (χ4n) is 2.48. The van der Waals surface area contributed by atoms with Crippen molar-refractivity contribution in [2.45, 2.75) is 26.4 Å². The Morgan fingerprint density at radius 3 is 3.16 bits per heavy atom. The van der Waals surface area contributed by atoms with E-state index in [4.69, 9.17) is 4.74 Å². The molecule has 0 saturated heterocycles. The first kappa shape index (κ1) is 12.4. The summed E-state index contributed by atoms with van der Waals surface area (Å²) in [6.45, 7) is 4.24. The first-order valence-corrected chi connectivity index (χ1v) is 6.72. The molecule has 0 spiro atoms. The molecule has 1 aliphatic heterocycles. The highest BCUT2D eigenvalue weighted by Gasteiger charge is 2.18. The summed E-state index contributed by atoms with van der Waals surface area (Å²) in [6.07, 6.45) is 1.85. The molecule has 1 aliphatic rings. The van der Waals surface area contributed by atoms with Crippen molar-refractivity contribution >= 4 is 16.6 Å². The summed E-state index contributed by atoms with van der Waals surface area (Å²) in [5.74, 6) is -0.231. The molecule has 0 bridgehead atoms. The van der Waals surface area contributed by atoms with Crippen LogP contribution in [0.3, 0.4) is 0 Å². The second kappa shape index (κ2) is 5.13. The van der Waals surface area contributed by atoms with Crippen LogP contribution in [-0.2, 0) is 17.8 Å². The van der Waals surface area contributed by atoms with Gasteiger partial charge < -0.3 is 10.1 Å². The van der Waals surface area contributed by atoms with Crippen LogP contribution in [0.25, 0.3) is 10.9 Å². The summed E-state index contributed by atoms with van der Waals surface area (Å²) in [5, 5.41) is 4.25. The summed E-state index contributed by atoms with van der Waals surface area (Å²) < 4.78 is 19.0. The number of ether oxygens (including phenoxy) is 1. The Hall–Kier alpha value is -1.68. The minimum Gasteiger partial charge on any atom is -0.384 e. The van der Waals surface area contributed by atoms with Gasteiger partial charge in [-0.25, -0.2) is 4.39 Å². The van der Waals surface area contributed by atoms with E-state index in [0.717, 1.165) is 47.2 Å². The van der Waals surface area contributed by atoms with E-state index in [-0.39, 0.29) is 5.82 Å². The van der Waals surface area contributed by atoms with Crippen molar-refractivity contribution in [1.29, 1.82) is 0 Å². The van der Waals surface area contributed by atoms with Gasteiger partial charge in [0.05, 0.1) is 30.1 Å². The Balaban J connectivity index is 2.21. The van der Waals surface area contributed by atoms with E-state index in [2.05, 4.69) is 17.2 Å². The van der Waals surface area contributed by atoms with Crippen LogP contribution in [0.2, 0.25) is 0 Å². The average molecular weight is 260 g/mol. The predicted octanol–water partition coefficient (Wildman–Crippen LogP) is 3.27. The highest BCUT2D eigenvalue weighted by atomic mass is 19.1. The number of fused-ring (bicyclic) bond motifs is 2. The van der Waals surface area contributed by atoms with Crippen LogP contribution in [0.5, 0.6) is 0 Å². The Morgan fingerprint density at radius 2 is 2.32 bits per heavy atom. The number of aromatic nitrogens is 1. The lowest BCUT2D eigenvalue weighted by Crippen LogP contribution is -2.15. The van der Waals surface area contributed by atoms with E-state index in [1.807, 2.05) is 0 Å².